The van der Waals surface area contributed by atoms with Gasteiger partial charge in [0.25, 0.3) is 0 Å². The van der Waals surface area contributed by atoms with Crippen molar-refractivity contribution in [3.8, 4) is 5.75 Å². The number of aliphatic hydroxyl groups excluding tert-OH is 1. The second-order valence-electron chi connectivity index (χ2n) is 10.9. The van der Waals surface area contributed by atoms with Crippen LogP contribution in [0.4, 0.5) is 4.39 Å². The lowest BCUT2D eigenvalue weighted by Crippen LogP contribution is -2.55. The fourth-order valence-corrected chi connectivity index (χ4v) is 5.90. The normalized spacial score (nSPS) is 23.5. The van der Waals surface area contributed by atoms with Gasteiger partial charge in [-0.1, -0.05) is 5.16 Å². The highest BCUT2D eigenvalue weighted by Gasteiger charge is 2.40. The van der Waals surface area contributed by atoms with Crippen molar-refractivity contribution in [3.63, 3.8) is 0 Å². The van der Waals surface area contributed by atoms with Gasteiger partial charge in [-0.2, -0.15) is 0 Å². The van der Waals surface area contributed by atoms with Crippen LogP contribution in [0.15, 0.2) is 52.0 Å². The molecule has 2 saturated heterocycles. The summed E-state index contributed by atoms with van der Waals surface area (Å²) in [6, 6.07) is 9.87. The summed E-state index contributed by atoms with van der Waals surface area (Å²) >= 11 is 0. The number of benzene rings is 2. The summed E-state index contributed by atoms with van der Waals surface area (Å²) in [4.78, 5) is 32.0. The van der Waals surface area contributed by atoms with Gasteiger partial charge in [0.15, 0.2) is 5.58 Å². The fourth-order valence-electron chi connectivity index (χ4n) is 5.90. The topological polar surface area (TPSA) is 140 Å². The number of aromatic carboxylic acids is 1. The van der Waals surface area contributed by atoms with Gasteiger partial charge in [-0.25, -0.2) is 9.18 Å². The van der Waals surface area contributed by atoms with Crippen LogP contribution >= 0.6 is 0 Å². The predicted molar refractivity (Wildman–Crippen MR) is 149 cm³/mol. The maximum Gasteiger partial charge on any atom is 0.335 e. The summed E-state index contributed by atoms with van der Waals surface area (Å²) in [5.41, 5.74) is 1.61. The lowest BCUT2D eigenvalue weighted by molar-refractivity contribution is -0.134. The molecule has 3 N–H and O–H groups in total. The summed E-state index contributed by atoms with van der Waals surface area (Å²) in [6.07, 6.45) is 3.61. The molecule has 0 radical (unpaired) electrons. The van der Waals surface area contributed by atoms with E-state index in [0.29, 0.717) is 30.3 Å². The number of fused-ring (bicyclic) bond motifs is 2. The summed E-state index contributed by atoms with van der Waals surface area (Å²) in [5, 5.41) is 32.4. The van der Waals surface area contributed by atoms with Gasteiger partial charge < -0.3 is 24.7 Å². The largest absolute Gasteiger partial charge is 0.508 e. The molecule has 2 aromatic carbocycles. The van der Waals surface area contributed by atoms with Gasteiger partial charge in [0, 0.05) is 23.9 Å². The molecule has 1 amide bonds. The first-order valence-electron chi connectivity index (χ1n) is 14.1. The molecule has 0 saturated carbocycles. The predicted octanol–water partition coefficient (Wildman–Crippen LogP) is 4.03. The fraction of sp³-hybridized carbons (Fsp3) is 0.467. The van der Waals surface area contributed by atoms with Crippen molar-refractivity contribution < 1.29 is 33.8 Å². The van der Waals surface area contributed by atoms with E-state index >= 15 is 0 Å². The average Bonchev–Trinajstić information content (AvgIpc) is 3.37. The Morgan fingerprint density at radius 2 is 1.83 bits per heavy atom. The van der Waals surface area contributed by atoms with Crippen LogP contribution in [0.1, 0.15) is 61.0 Å². The van der Waals surface area contributed by atoms with Crippen LogP contribution in [0.3, 0.4) is 0 Å². The van der Waals surface area contributed by atoms with Gasteiger partial charge in [-0.05, 0) is 95.1 Å². The number of phenolic OH excluding ortho intramolecular Hbond substituents is 1. The SMILES string of the molecule is CC1N=C2C(O)CCCN2C(=O)C1CCN1CCC(c2noc3cc(F)ccc23)CC1.O=C(O)c1ccc(O)cc1. The van der Waals surface area contributed by atoms with Crippen molar-refractivity contribution in [1.82, 2.24) is 15.0 Å². The molecule has 6 rings (SSSR count). The quantitative estimate of drug-likeness (QED) is 0.421. The van der Waals surface area contributed by atoms with Gasteiger partial charge in [0.1, 0.15) is 23.5 Å². The number of aliphatic hydroxyl groups is 1. The molecule has 1 aromatic heterocycles. The highest BCUT2D eigenvalue weighted by Crippen LogP contribution is 2.33. The van der Waals surface area contributed by atoms with Gasteiger partial charge >= 0.3 is 5.97 Å². The first-order valence-corrected chi connectivity index (χ1v) is 14.1. The molecule has 41 heavy (non-hydrogen) atoms. The number of amides is 1. The number of hydrogen-bond acceptors (Lipinski definition) is 8. The molecule has 3 aliphatic rings. The summed E-state index contributed by atoms with van der Waals surface area (Å²) in [6.45, 7) is 5.39. The Kier molecular flexibility index (Phi) is 8.65. The number of piperidine rings is 2. The van der Waals surface area contributed by atoms with Crippen LogP contribution < -0.4 is 0 Å². The molecule has 218 valence electrons. The maximum atomic E-state index is 13.4. The zero-order valence-corrected chi connectivity index (χ0v) is 22.9. The Labute approximate surface area is 237 Å². The number of aliphatic imine (C=N–C) groups is 1. The number of carboxylic acids is 1. The number of nitrogens with zero attached hydrogens (tertiary/aromatic N) is 4. The van der Waals surface area contributed by atoms with Gasteiger partial charge in [0.05, 0.1) is 23.2 Å². The Morgan fingerprint density at radius 1 is 1.10 bits per heavy atom. The lowest BCUT2D eigenvalue weighted by Gasteiger charge is -2.40. The van der Waals surface area contributed by atoms with Crippen LogP contribution in [0.5, 0.6) is 5.75 Å². The van der Waals surface area contributed by atoms with Crippen LogP contribution in [0.2, 0.25) is 0 Å². The molecule has 11 heteroatoms. The first-order chi connectivity index (χ1) is 19.7. The number of hydrogen-bond donors (Lipinski definition) is 3. The van der Waals surface area contributed by atoms with E-state index in [-0.39, 0.29) is 35.0 Å². The van der Waals surface area contributed by atoms with Gasteiger partial charge in [0.2, 0.25) is 5.91 Å². The number of phenols is 1. The van der Waals surface area contributed by atoms with Crippen molar-refractivity contribution >= 4 is 28.7 Å². The Morgan fingerprint density at radius 3 is 2.54 bits per heavy atom. The molecule has 3 aliphatic heterocycles. The van der Waals surface area contributed by atoms with Gasteiger partial charge in [-0.15, -0.1) is 0 Å². The number of amidine groups is 1. The number of aromatic nitrogens is 1. The molecule has 10 nitrogen and oxygen atoms in total. The van der Waals surface area contributed by atoms with E-state index in [1.807, 2.05) is 6.92 Å². The van der Waals surface area contributed by atoms with Crippen LogP contribution in [0.25, 0.3) is 11.0 Å². The zero-order chi connectivity index (χ0) is 29.1. The van der Waals surface area contributed by atoms with Crippen LogP contribution in [-0.2, 0) is 4.79 Å². The van der Waals surface area contributed by atoms with E-state index < -0.39 is 12.1 Å². The minimum Gasteiger partial charge on any atom is -0.508 e. The molecule has 3 aromatic rings. The molecule has 3 unspecified atom stereocenters. The number of likely N-dealkylation sites (tertiary alicyclic amines) is 1. The number of carboxylic acid groups (broad SMARTS) is 1. The number of aromatic hydroxyl groups is 1. The van der Waals surface area contributed by atoms with Crippen molar-refractivity contribution in [3.05, 3.63) is 59.5 Å². The second kappa shape index (κ2) is 12.4. The molecule has 0 spiro atoms. The number of halogens is 1. The van der Waals surface area contributed by atoms with E-state index in [1.165, 1.54) is 36.4 Å². The zero-order valence-electron chi connectivity index (χ0n) is 22.9. The van der Waals surface area contributed by atoms with Gasteiger partial charge in [-0.3, -0.25) is 14.7 Å². The molecular formula is C30H35FN4O6. The first kappa shape index (κ1) is 28.7. The Bertz CT molecular complexity index is 1420. The van der Waals surface area contributed by atoms with Crippen LogP contribution in [-0.4, -0.2) is 86.3 Å². The highest BCUT2D eigenvalue weighted by molar-refractivity contribution is 6.03. The third-order valence-corrected chi connectivity index (χ3v) is 8.24. The highest BCUT2D eigenvalue weighted by atomic mass is 19.1. The Hall–Kier alpha value is -3.83. The van der Waals surface area contributed by atoms with Crippen molar-refractivity contribution in [2.45, 2.75) is 57.1 Å². The van der Waals surface area contributed by atoms with E-state index in [4.69, 9.17) is 14.7 Å². The molecule has 2 fully saturated rings. The van der Waals surface area contributed by atoms with E-state index in [2.05, 4.69) is 15.0 Å². The van der Waals surface area contributed by atoms with E-state index in [0.717, 1.165) is 56.4 Å². The third-order valence-electron chi connectivity index (χ3n) is 8.24. The van der Waals surface area contributed by atoms with Crippen molar-refractivity contribution in [1.29, 1.82) is 0 Å². The summed E-state index contributed by atoms with van der Waals surface area (Å²) < 4.78 is 18.7. The molecule has 3 atom stereocenters. The minimum absolute atomic E-state index is 0.0741. The maximum absolute atomic E-state index is 13.4. The molecule has 0 bridgehead atoms. The number of carbonyl (C=O) groups is 2. The number of carbonyl (C=O) groups excluding carboxylic acids is 1. The molecule has 0 aliphatic carbocycles. The average molecular weight is 567 g/mol. The summed E-state index contributed by atoms with van der Waals surface area (Å²) in [7, 11) is 0. The monoisotopic (exact) mass is 566 g/mol. The van der Waals surface area contributed by atoms with Crippen molar-refractivity contribution in [2.24, 2.45) is 10.9 Å². The third kappa shape index (κ3) is 6.41. The van der Waals surface area contributed by atoms with E-state index in [9.17, 15) is 19.1 Å². The Balaban J connectivity index is 0.000000287. The standard InChI is InChI=1S/C23H29FN4O3.C7H6O3/c1-14-17(23(30)28-9-2-3-19(29)22(28)25-14)8-12-27-10-6-15(7-11-27)21-18-5-4-16(24)13-20(18)31-26-21;8-6-3-1-5(2-4-6)7(9)10/h4-5,13-15,17,19,29H,2-3,6-12H2,1H3;1-4,8H,(H,9,10). The smallest absolute Gasteiger partial charge is 0.335 e. The lowest BCUT2D eigenvalue weighted by atomic mass is 9.89. The molecular weight excluding hydrogens is 531 g/mol. The second-order valence-corrected chi connectivity index (χ2v) is 10.9. The summed E-state index contributed by atoms with van der Waals surface area (Å²) in [5.74, 6) is -0.355. The van der Waals surface area contributed by atoms with Crippen molar-refractivity contribution in [2.75, 3.05) is 26.2 Å². The molecule has 4 heterocycles. The van der Waals surface area contributed by atoms with E-state index in [1.54, 1.807) is 11.0 Å². The number of rotatable bonds is 5. The minimum atomic E-state index is -0.986. The van der Waals surface area contributed by atoms with Crippen LogP contribution in [0, 0.1) is 11.7 Å².